The van der Waals surface area contributed by atoms with Gasteiger partial charge in [0.15, 0.2) is 0 Å². The molecule has 2 atom stereocenters. The first-order valence-electron chi connectivity index (χ1n) is 9.58. The van der Waals surface area contributed by atoms with Crippen molar-refractivity contribution >= 4 is 12.6 Å². The lowest BCUT2D eigenvalue weighted by Crippen LogP contribution is -2.54. The maximum absolute atomic E-state index is 14.8. The molecule has 0 radical (unpaired) electrons. The van der Waals surface area contributed by atoms with E-state index in [0.29, 0.717) is 17.5 Å². The first-order chi connectivity index (χ1) is 12.0. The van der Waals surface area contributed by atoms with Crippen LogP contribution in [0, 0.1) is 5.82 Å². The van der Waals surface area contributed by atoms with Gasteiger partial charge in [-0.15, -0.1) is 0 Å². The zero-order chi connectivity index (χ0) is 19.3. The highest BCUT2D eigenvalue weighted by Gasteiger charge is 2.52. The second-order valence-corrected chi connectivity index (χ2v) is 9.00. The van der Waals surface area contributed by atoms with Gasteiger partial charge in [-0.2, -0.15) is 0 Å². The van der Waals surface area contributed by atoms with Gasteiger partial charge in [0.05, 0.1) is 11.2 Å². The van der Waals surface area contributed by atoms with E-state index in [1.165, 1.54) is 0 Å². The number of hydrogen-bond acceptors (Lipinski definition) is 4. The molecule has 2 saturated heterocycles. The van der Waals surface area contributed by atoms with Crippen LogP contribution in [0.1, 0.15) is 47.1 Å². The lowest BCUT2D eigenvalue weighted by molar-refractivity contribution is 0.00578. The van der Waals surface area contributed by atoms with Gasteiger partial charge < -0.3 is 9.31 Å². The van der Waals surface area contributed by atoms with Gasteiger partial charge >= 0.3 is 7.12 Å². The Labute approximate surface area is 157 Å². The molecular formula is C20H32BFN2O2. The Hall–Kier alpha value is -0.945. The lowest BCUT2D eigenvalue weighted by atomic mass is 9.78. The molecule has 4 nitrogen and oxygen atoms in total. The zero-order valence-corrected chi connectivity index (χ0v) is 17.2. The van der Waals surface area contributed by atoms with Crippen LogP contribution in [-0.2, 0) is 15.9 Å². The van der Waals surface area contributed by atoms with Crippen LogP contribution >= 0.6 is 0 Å². The normalized spacial score (nSPS) is 29.3. The second-order valence-electron chi connectivity index (χ2n) is 9.00. The summed E-state index contributed by atoms with van der Waals surface area (Å²) in [6.07, 6.45) is 0. The van der Waals surface area contributed by atoms with Crippen LogP contribution in [-0.4, -0.2) is 60.3 Å². The van der Waals surface area contributed by atoms with E-state index in [1.54, 1.807) is 6.07 Å². The average Bonchev–Trinajstić information content (AvgIpc) is 2.72. The summed E-state index contributed by atoms with van der Waals surface area (Å²) >= 11 is 0. The Morgan fingerprint density at radius 3 is 2.12 bits per heavy atom. The van der Waals surface area contributed by atoms with Crippen molar-refractivity contribution in [1.82, 2.24) is 9.80 Å². The number of likely N-dealkylation sites (N-methyl/N-ethyl adjacent to an activating group) is 1. The summed E-state index contributed by atoms with van der Waals surface area (Å²) in [6, 6.07) is 6.46. The molecule has 3 rings (SSSR count). The number of hydrogen-bond donors (Lipinski definition) is 0. The molecule has 0 aromatic heterocycles. The Morgan fingerprint density at radius 1 is 1.08 bits per heavy atom. The van der Waals surface area contributed by atoms with Crippen LogP contribution < -0.4 is 5.46 Å². The monoisotopic (exact) mass is 362 g/mol. The van der Waals surface area contributed by atoms with Crippen molar-refractivity contribution in [1.29, 1.82) is 0 Å². The van der Waals surface area contributed by atoms with Crippen LogP contribution in [0.3, 0.4) is 0 Å². The number of nitrogens with zero attached hydrogens (tertiary/aromatic N) is 2. The van der Waals surface area contributed by atoms with E-state index in [9.17, 15) is 4.39 Å². The molecular weight excluding hydrogens is 330 g/mol. The maximum Gasteiger partial charge on any atom is 0.497 e. The predicted molar refractivity (Wildman–Crippen MR) is 104 cm³/mol. The van der Waals surface area contributed by atoms with E-state index >= 15 is 0 Å². The summed E-state index contributed by atoms with van der Waals surface area (Å²) in [7, 11) is 1.52. The van der Waals surface area contributed by atoms with Crippen LogP contribution in [0.4, 0.5) is 4.39 Å². The van der Waals surface area contributed by atoms with Gasteiger partial charge in [-0.25, -0.2) is 4.39 Å². The van der Waals surface area contributed by atoms with Gasteiger partial charge in [0.2, 0.25) is 0 Å². The molecule has 26 heavy (non-hydrogen) atoms. The largest absolute Gasteiger partial charge is 0.497 e. The Bertz CT molecular complexity index is 639. The standard InChI is InChI=1S/C20H32BFN2O2/c1-14-11-24(12-15(2)23(14)7)13-16-8-9-17(18(22)10-16)21-25-19(3,4)20(5,6)26-21/h8-10,14-15H,11-13H2,1-7H3/t14-,15+. The van der Waals surface area contributed by atoms with Crippen molar-refractivity contribution in [3.8, 4) is 0 Å². The van der Waals surface area contributed by atoms with Crippen molar-refractivity contribution in [2.45, 2.75) is 71.4 Å². The number of benzene rings is 1. The molecule has 2 fully saturated rings. The first-order valence-corrected chi connectivity index (χ1v) is 9.58. The van der Waals surface area contributed by atoms with Gasteiger partial charge in [-0.3, -0.25) is 9.80 Å². The van der Waals surface area contributed by atoms with E-state index in [2.05, 4.69) is 30.7 Å². The minimum atomic E-state index is -0.655. The molecule has 0 bridgehead atoms. The Morgan fingerprint density at radius 2 is 1.62 bits per heavy atom. The quantitative estimate of drug-likeness (QED) is 0.772. The molecule has 1 aromatic rings. The molecule has 0 aliphatic carbocycles. The third kappa shape index (κ3) is 3.70. The van der Waals surface area contributed by atoms with Crippen molar-refractivity contribution in [2.75, 3.05) is 20.1 Å². The smallest absolute Gasteiger partial charge is 0.399 e. The maximum atomic E-state index is 14.8. The minimum absolute atomic E-state index is 0.253. The van der Waals surface area contributed by atoms with Crippen LogP contribution in [0.25, 0.3) is 0 Å². The first kappa shape index (κ1) is 19.8. The van der Waals surface area contributed by atoms with E-state index in [1.807, 2.05) is 39.8 Å². The fourth-order valence-corrected chi connectivity index (χ4v) is 3.73. The molecule has 0 saturated carbocycles. The molecule has 6 heteroatoms. The highest BCUT2D eigenvalue weighted by molar-refractivity contribution is 6.62. The highest BCUT2D eigenvalue weighted by atomic mass is 19.1. The molecule has 144 valence electrons. The van der Waals surface area contributed by atoms with E-state index in [-0.39, 0.29) is 5.82 Å². The molecule has 2 aliphatic heterocycles. The SMILES string of the molecule is C[C@@H]1CN(Cc2ccc(B3OC(C)(C)C(C)(C)O3)c(F)c2)C[C@H](C)N1C. The van der Waals surface area contributed by atoms with E-state index < -0.39 is 18.3 Å². The molecule has 2 heterocycles. The minimum Gasteiger partial charge on any atom is -0.399 e. The summed E-state index contributed by atoms with van der Waals surface area (Å²) < 4.78 is 26.8. The number of piperazine rings is 1. The van der Waals surface area contributed by atoms with Crippen molar-refractivity contribution in [2.24, 2.45) is 0 Å². The van der Waals surface area contributed by atoms with Gasteiger partial charge in [-0.05, 0) is 60.2 Å². The van der Waals surface area contributed by atoms with Gasteiger partial charge in [-0.1, -0.05) is 12.1 Å². The number of halogens is 1. The van der Waals surface area contributed by atoms with Gasteiger partial charge in [0, 0.05) is 37.2 Å². The second kappa shape index (κ2) is 6.90. The van der Waals surface area contributed by atoms with Crippen molar-refractivity contribution in [3.63, 3.8) is 0 Å². The fourth-order valence-electron chi connectivity index (χ4n) is 3.73. The number of rotatable bonds is 3. The van der Waals surface area contributed by atoms with Crippen LogP contribution in [0.5, 0.6) is 0 Å². The Balaban J connectivity index is 1.71. The van der Waals surface area contributed by atoms with Crippen LogP contribution in [0.15, 0.2) is 18.2 Å². The molecule has 0 N–H and O–H groups in total. The van der Waals surface area contributed by atoms with Crippen molar-refractivity contribution in [3.05, 3.63) is 29.6 Å². The van der Waals surface area contributed by atoms with Crippen molar-refractivity contribution < 1.29 is 13.7 Å². The molecule has 1 aromatic carbocycles. The summed E-state index contributed by atoms with van der Waals surface area (Å²) in [4.78, 5) is 4.80. The van der Waals surface area contributed by atoms with Gasteiger partial charge in [0.25, 0.3) is 0 Å². The molecule has 2 aliphatic rings. The predicted octanol–water partition coefficient (Wildman–Crippen LogP) is 2.65. The summed E-state index contributed by atoms with van der Waals surface area (Å²) in [5, 5.41) is 0. The van der Waals surface area contributed by atoms with E-state index in [0.717, 1.165) is 25.2 Å². The third-order valence-corrected chi connectivity index (χ3v) is 6.41. The summed E-state index contributed by atoms with van der Waals surface area (Å²) in [5.74, 6) is -0.253. The Kier molecular flexibility index (Phi) is 5.25. The molecule has 0 unspecified atom stereocenters. The zero-order valence-electron chi connectivity index (χ0n) is 17.2. The molecule has 0 spiro atoms. The van der Waals surface area contributed by atoms with Crippen LogP contribution in [0.2, 0.25) is 0 Å². The third-order valence-electron chi connectivity index (χ3n) is 6.41. The summed E-state index contributed by atoms with van der Waals surface area (Å²) in [5.41, 5.74) is 0.545. The molecule has 0 amide bonds. The topological polar surface area (TPSA) is 24.9 Å². The highest BCUT2D eigenvalue weighted by Crippen LogP contribution is 2.36. The fraction of sp³-hybridized carbons (Fsp3) is 0.700. The van der Waals surface area contributed by atoms with Gasteiger partial charge in [0.1, 0.15) is 5.82 Å². The summed E-state index contributed by atoms with van der Waals surface area (Å²) in [6.45, 7) is 15.2. The average molecular weight is 362 g/mol. The van der Waals surface area contributed by atoms with E-state index in [4.69, 9.17) is 9.31 Å². The lowest BCUT2D eigenvalue weighted by Gasteiger charge is -2.42.